The van der Waals surface area contributed by atoms with Gasteiger partial charge in [0.1, 0.15) is 17.7 Å². The Bertz CT molecular complexity index is 811. The van der Waals surface area contributed by atoms with Crippen LogP contribution in [0.4, 0.5) is 14.5 Å². The standard InChI is InChI=1S/C17H12F2N2O3/c1-9(15(22)20-12-7-10(18)6-11(19)8-12)21-16(23)13-4-2-3-5-14(13)17(21)24/h2-9H,1H3,(H,20,22)/t9-/m0/s1. The van der Waals surface area contributed by atoms with Crippen molar-refractivity contribution in [2.24, 2.45) is 0 Å². The maximum atomic E-state index is 13.2. The van der Waals surface area contributed by atoms with Gasteiger partial charge in [0, 0.05) is 11.8 Å². The molecule has 24 heavy (non-hydrogen) atoms. The molecule has 0 aliphatic carbocycles. The molecule has 122 valence electrons. The number of amides is 3. The Morgan fingerprint density at radius 1 is 1.00 bits per heavy atom. The SMILES string of the molecule is C[C@@H](C(=O)Nc1cc(F)cc(F)c1)N1C(=O)c2ccccc2C1=O. The second kappa shape index (κ2) is 5.84. The first-order chi connectivity index (χ1) is 11.4. The van der Waals surface area contributed by atoms with E-state index >= 15 is 0 Å². The number of imide groups is 1. The highest BCUT2D eigenvalue weighted by Crippen LogP contribution is 2.25. The molecule has 1 aliphatic heterocycles. The molecular weight excluding hydrogens is 318 g/mol. The van der Waals surface area contributed by atoms with E-state index in [1.54, 1.807) is 12.1 Å². The highest BCUT2D eigenvalue weighted by molar-refractivity contribution is 6.23. The summed E-state index contributed by atoms with van der Waals surface area (Å²) in [5.41, 5.74) is 0.346. The van der Waals surface area contributed by atoms with Crippen molar-refractivity contribution < 1.29 is 23.2 Å². The van der Waals surface area contributed by atoms with Crippen LogP contribution in [0.2, 0.25) is 0 Å². The Morgan fingerprint density at radius 2 is 1.50 bits per heavy atom. The second-order valence-corrected chi connectivity index (χ2v) is 5.35. The highest BCUT2D eigenvalue weighted by Gasteiger charge is 2.40. The minimum atomic E-state index is -1.14. The summed E-state index contributed by atoms with van der Waals surface area (Å²) in [6.07, 6.45) is 0. The zero-order chi connectivity index (χ0) is 17.4. The Labute approximate surface area is 135 Å². The normalized spacial score (nSPS) is 14.5. The fourth-order valence-corrected chi connectivity index (χ4v) is 2.55. The van der Waals surface area contributed by atoms with E-state index in [-0.39, 0.29) is 16.8 Å². The van der Waals surface area contributed by atoms with Crippen molar-refractivity contribution in [2.45, 2.75) is 13.0 Å². The second-order valence-electron chi connectivity index (χ2n) is 5.35. The minimum Gasteiger partial charge on any atom is -0.324 e. The summed E-state index contributed by atoms with van der Waals surface area (Å²) in [4.78, 5) is 37.7. The summed E-state index contributed by atoms with van der Waals surface area (Å²) in [5.74, 6) is -3.58. The van der Waals surface area contributed by atoms with Gasteiger partial charge in [-0.3, -0.25) is 19.3 Å². The molecule has 0 spiro atoms. The van der Waals surface area contributed by atoms with Crippen molar-refractivity contribution in [3.8, 4) is 0 Å². The van der Waals surface area contributed by atoms with Crippen LogP contribution in [0.25, 0.3) is 0 Å². The molecule has 1 atom stereocenters. The van der Waals surface area contributed by atoms with Crippen molar-refractivity contribution in [3.63, 3.8) is 0 Å². The summed E-state index contributed by atoms with van der Waals surface area (Å²) in [5, 5.41) is 2.30. The number of hydrogen-bond acceptors (Lipinski definition) is 3. The van der Waals surface area contributed by atoms with Gasteiger partial charge in [0.25, 0.3) is 11.8 Å². The van der Waals surface area contributed by atoms with Crippen LogP contribution in [0.5, 0.6) is 0 Å². The molecule has 0 radical (unpaired) electrons. The third-order valence-corrected chi connectivity index (χ3v) is 3.72. The highest BCUT2D eigenvalue weighted by atomic mass is 19.1. The molecule has 7 heteroatoms. The van der Waals surface area contributed by atoms with E-state index in [4.69, 9.17) is 0 Å². The Hall–Kier alpha value is -3.09. The van der Waals surface area contributed by atoms with Crippen molar-refractivity contribution in [1.82, 2.24) is 4.90 Å². The summed E-state index contributed by atoms with van der Waals surface area (Å²) in [6.45, 7) is 1.37. The molecule has 1 N–H and O–H groups in total. The van der Waals surface area contributed by atoms with Gasteiger partial charge in [0.15, 0.2) is 0 Å². The summed E-state index contributed by atoms with van der Waals surface area (Å²) in [7, 11) is 0. The first-order valence-electron chi connectivity index (χ1n) is 7.12. The lowest BCUT2D eigenvalue weighted by Crippen LogP contribution is -2.45. The van der Waals surface area contributed by atoms with Crippen LogP contribution in [0.1, 0.15) is 27.6 Å². The van der Waals surface area contributed by atoms with Crippen LogP contribution in [0.3, 0.4) is 0 Å². The number of benzene rings is 2. The van der Waals surface area contributed by atoms with Crippen LogP contribution in [0.15, 0.2) is 42.5 Å². The number of nitrogens with one attached hydrogen (secondary N) is 1. The van der Waals surface area contributed by atoms with Gasteiger partial charge in [-0.15, -0.1) is 0 Å². The van der Waals surface area contributed by atoms with Gasteiger partial charge in [0.2, 0.25) is 5.91 Å². The Balaban J connectivity index is 1.82. The van der Waals surface area contributed by atoms with E-state index in [2.05, 4.69) is 5.32 Å². The fraction of sp³-hybridized carbons (Fsp3) is 0.118. The molecule has 0 aromatic heterocycles. The number of hydrogen-bond donors (Lipinski definition) is 1. The number of anilines is 1. The zero-order valence-corrected chi connectivity index (χ0v) is 12.5. The molecule has 2 aromatic rings. The largest absolute Gasteiger partial charge is 0.324 e. The summed E-state index contributed by atoms with van der Waals surface area (Å²) >= 11 is 0. The van der Waals surface area contributed by atoms with E-state index < -0.39 is 35.4 Å². The third kappa shape index (κ3) is 2.64. The molecule has 0 bridgehead atoms. The molecule has 2 aromatic carbocycles. The predicted molar refractivity (Wildman–Crippen MR) is 81.4 cm³/mol. The number of halogens is 2. The summed E-state index contributed by atoms with van der Waals surface area (Å²) < 4.78 is 26.3. The fourth-order valence-electron chi connectivity index (χ4n) is 2.55. The lowest BCUT2D eigenvalue weighted by atomic mass is 10.1. The average molecular weight is 330 g/mol. The van der Waals surface area contributed by atoms with Crippen molar-refractivity contribution >= 4 is 23.4 Å². The predicted octanol–water partition coefficient (Wildman–Crippen LogP) is 2.59. The first kappa shape index (κ1) is 15.8. The molecule has 0 unspecified atom stereocenters. The average Bonchev–Trinajstić information content (AvgIpc) is 2.77. The van der Waals surface area contributed by atoms with Crippen LogP contribution in [0, 0.1) is 11.6 Å². The smallest absolute Gasteiger partial charge is 0.262 e. The molecule has 0 fully saturated rings. The van der Waals surface area contributed by atoms with Crippen LogP contribution in [-0.2, 0) is 4.79 Å². The first-order valence-corrected chi connectivity index (χ1v) is 7.12. The van der Waals surface area contributed by atoms with Crippen molar-refractivity contribution in [3.05, 3.63) is 65.2 Å². The van der Waals surface area contributed by atoms with Gasteiger partial charge in [-0.2, -0.15) is 0 Å². The van der Waals surface area contributed by atoms with E-state index in [1.165, 1.54) is 19.1 Å². The molecule has 1 aliphatic rings. The van der Waals surface area contributed by atoms with Gasteiger partial charge >= 0.3 is 0 Å². The summed E-state index contributed by atoms with van der Waals surface area (Å²) in [6, 6.07) is 7.66. The van der Waals surface area contributed by atoms with Gasteiger partial charge in [-0.25, -0.2) is 8.78 Å². The zero-order valence-electron chi connectivity index (χ0n) is 12.5. The van der Waals surface area contributed by atoms with Gasteiger partial charge in [-0.05, 0) is 31.2 Å². The van der Waals surface area contributed by atoms with Crippen LogP contribution in [-0.4, -0.2) is 28.7 Å². The minimum absolute atomic E-state index is 0.0963. The molecule has 5 nitrogen and oxygen atoms in total. The van der Waals surface area contributed by atoms with E-state index in [0.29, 0.717) is 6.07 Å². The van der Waals surface area contributed by atoms with Crippen molar-refractivity contribution in [2.75, 3.05) is 5.32 Å². The maximum absolute atomic E-state index is 13.2. The molecular formula is C17H12F2N2O3. The number of fused-ring (bicyclic) bond motifs is 1. The van der Waals surface area contributed by atoms with Gasteiger partial charge in [0.05, 0.1) is 11.1 Å². The Kier molecular flexibility index (Phi) is 3.84. The molecule has 0 saturated carbocycles. The molecule has 3 amide bonds. The monoisotopic (exact) mass is 330 g/mol. The lowest BCUT2D eigenvalue weighted by Gasteiger charge is -2.21. The van der Waals surface area contributed by atoms with Crippen molar-refractivity contribution in [1.29, 1.82) is 0 Å². The van der Waals surface area contributed by atoms with Gasteiger partial charge in [-0.1, -0.05) is 12.1 Å². The number of carbonyl (C=O) groups is 3. The quantitative estimate of drug-likeness (QED) is 0.880. The maximum Gasteiger partial charge on any atom is 0.262 e. The van der Waals surface area contributed by atoms with Crippen LogP contribution < -0.4 is 5.32 Å². The molecule has 3 rings (SSSR count). The topological polar surface area (TPSA) is 66.5 Å². The molecule has 0 saturated heterocycles. The number of carbonyl (C=O) groups excluding carboxylic acids is 3. The lowest BCUT2D eigenvalue weighted by molar-refractivity contribution is -0.119. The van der Waals surface area contributed by atoms with E-state index in [0.717, 1.165) is 17.0 Å². The Morgan fingerprint density at radius 3 is 2.00 bits per heavy atom. The van der Waals surface area contributed by atoms with Gasteiger partial charge < -0.3 is 5.32 Å². The molecule has 1 heterocycles. The number of rotatable bonds is 3. The van der Waals surface area contributed by atoms with E-state index in [9.17, 15) is 23.2 Å². The van der Waals surface area contributed by atoms with E-state index in [1.807, 2.05) is 0 Å². The number of nitrogens with zero attached hydrogens (tertiary/aromatic N) is 1. The third-order valence-electron chi connectivity index (χ3n) is 3.72. The van der Waals surface area contributed by atoms with Crippen LogP contribution >= 0.6 is 0 Å².